The van der Waals surface area contributed by atoms with Crippen LogP contribution in [-0.4, -0.2) is 16.0 Å². The van der Waals surface area contributed by atoms with Crippen molar-refractivity contribution in [2.45, 2.75) is 25.8 Å². The average Bonchev–Trinajstić information content (AvgIpc) is 2.50. The van der Waals surface area contributed by atoms with Crippen molar-refractivity contribution < 1.29 is 4.21 Å². The first-order valence-corrected chi connectivity index (χ1v) is 4.29. The molecular weight excluding hydrogens is 122 g/mol. The van der Waals surface area contributed by atoms with Crippen molar-refractivity contribution in [3.8, 4) is 0 Å². The summed E-state index contributed by atoms with van der Waals surface area (Å²) in [6.07, 6.45) is 2.43. The molecule has 8 heavy (non-hydrogen) atoms. The van der Waals surface area contributed by atoms with Crippen LogP contribution in [0.2, 0.25) is 0 Å². The van der Waals surface area contributed by atoms with Crippen molar-refractivity contribution in [2.75, 3.05) is 5.75 Å². The number of nitrogens with one attached hydrogen (secondary N) is 1. The van der Waals surface area contributed by atoms with Gasteiger partial charge in [-0.2, -0.15) is 0 Å². The number of hydrogen-bond donors (Lipinski definition) is 1. The second kappa shape index (κ2) is 2.60. The average molecular weight is 133 g/mol. The van der Waals surface area contributed by atoms with Gasteiger partial charge in [0.15, 0.2) is 0 Å². The molecule has 1 rings (SSSR count). The molecule has 0 heterocycles. The van der Waals surface area contributed by atoms with Gasteiger partial charge in [0.1, 0.15) is 0 Å². The molecule has 0 aromatic rings. The Balaban J connectivity index is 2.07. The molecule has 0 aromatic heterocycles. The highest BCUT2D eigenvalue weighted by Crippen LogP contribution is 2.18. The van der Waals surface area contributed by atoms with Crippen molar-refractivity contribution in [2.24, 2.45) is 0 Å². The van der Waals surface area contributed by atoms with Crippen LogP contribution in [0, 0.1) is 0 Å². The summed E-state index contributed by atoms with van der Waals surface area (Å²) >= 11 is 0. The second-order valence-electron chi connectivity index (χ2n) is 2.03. The molecule has 3 heteroatoms. The normalized spacial score (nSPS) is 23.1. The maximum atomic E-state index is 10.7. The Morgan fingerprint density at radius 3 is 2.75 bits per heavy atom. The van der Waals surface area contributed by atoms with Crippen LogP contribution in [0.3, 0.4) is 0 Å². The fourth-order valence-corrected chi connectivity index (χ4v) is 1.24. The molecule has 1 aliphatic rings. The van der Waals surface area contributed by atoms with Crippen LogP contribution in [0.5, 0.6) is 0 Å². The minimum absolute atomic E-state index is 0.579. The summed E-state index contributed by atoms with van der Waals surface area (Å²) in [5.74, 6) is 0.733. The maximum absolute atomic E-state index is 10.7. The largest absolute Gasteiger partial charge is 0.243 e. The topological polar surface area (TPSA) is 29.1 Å². The summed E-state index contributed by atoms with van der Waals surface area (Å²) in [7, 11) is -0.745. The highest BCUT2D eigenvalue weighted by molar-refractivity contribution is 7.83. The predicted molar refractivity (Wildman–Crippen MR) is 34.8 cm³/mol. The number of hydrogen-bond acceptors (Lipinski definition) is 1. The van der Waals surface area contributed by atoms with Gasteiger partial charge in [-0.3, -0.25) is 0 Å². The van der Waals surface area contributed by atoms with Crippen molar-refractivity contribution in [3.05, 3.63) is 0 Å². The molecule has 1 fully saturated rings. The lowest BCUT2D eigenvalue weighted by Crippen LogP contribution is -2.20. The van der Waals surface area contributed by atoms with E-state index in [0.29, 0.717) is 6.04 Å². The van der Waals surface area contributed by atoms with Crippen molar-refractivity contribution in [1.29, 1.82) is 0 Å². The van der Waals surface area contributed by atoms with Crippen LogP contribution in [-0.2, 0) is 11.0 Å². The predicted octanol–water partition coefficient (Wildman–Crippen LogP) is 0.422. The first kappa shape index (κ1) is 6.23. The molecular formula is C5H11NOS. The van der Waals surface area contributed by atoms with Gasteiger partial charge in [0.25, 0.3) is 0 Å². The summed E-state index contributed by atoms with van der Waals surface area (Å²) < 4.78 is 13.6. The summed E-state index contributed by atoms with van der Waals surface area (Å²) in [5.41, 5.74) is 0. The van der Waals surface area contributed by atoms with Crippen LogP contribution >= 0.6 is 0 Å². The third kappa shape index (κ3) is 1.92. The van der Waals surface area contributed by atoms with E-state index >= 15 is 0 Å². The first-order valence-electron chi connectivity index (χ1n) is 2.97. The van der Waals surface area contributed by atoms with E-state index in [1.807, 2.05) is 6.92 Å². The molecule has 0 bridgehead atoms. The van der Waals surface area contributed by atoms with Crippen molar-refractivity contribution in [3.63, 3.8) is 0 Å². The smallest absolute Gasteiger partial charge is 0.0915 e. The van der Waals surface area contributed by atoms with Gasteiger partial charge in [0.05, 0.1) is 11.0 Å². The maximum Gasteiger partial charge on any atom is 0.0915 e. The van der Waals surface area contributed by atoms with E-state index in [0.717, 1.165) is 5.75 Å². The first-order chi connectivity index (χ1) is 3.83. The van der Waals surface area contributed by atoms with E-state index in [9.17, 15) is 4.21 Å². The molecule has 48 valence electrons. The lowest BCUT2D eigenvalue weighted by Gasteiger charge is -1.95. The van der Waals surface area contributed by atoms with E-state index in [4.69, 9.17) is 0 Å². The fraction of sp³-hybridized carbons (Fsp3) is 1.00. The Morgan fingerprint density at radius 2 is 2.38 bits per heavy atom. The van der Waals surface area contributed by atoms with Gasteiger partial charge in [-0.05, 0) is 12.8 Å². The van der Waals surface area contributed by atoms with Gasteiger partial charge in [0.2, 0.25) is 0 Å². The van der Waals surface area contributed by atoms with Gasteiger partial charge in [-0.1, -0.05) is 6.92 Å². The van der Waals surface area contributed by atoms with E-state index in [2.05, 4.69) is 4.72 Å². The molecule has 0 radical (unpaired) electrons. The van der Waals surface area contributed by atoms with E-state index in [-0.39, 0.29) is 0 Å². The molecule has 1 N–H and O–H groups in total. The molecule has 0 saturated heterocycles. The molecule has 1 atom stereocenters. The van der Waals surface area contributed by atoms with Crippen molar-refractivity contribution in [1.82, 2.24) is 4.72 Å². The highest BCUT2D eigenvalue weighted by Gasteiger charge is 2.21. The summed E-state index contributed by atoms with van der Waals surface area (Å²) in [5, 5.41) is 0. The minimum atomic E-state index is -0.745. The summed E-state index contributed by atoms with van der Waals surface area (Å²) in [6, 6.07) is 0.579. The Labute approximate surface area is 52.3 Å². The molecule has 1 unspecified atom stereocenters. The Kier molecular flexibility index (Phi) is 2.02. The molecule has 0 aliphatic heterocycles. The van der Waals surface area contributed by atoms with Crippen molar-refractivity contribution >= 4 is 11.0 Å². The van der Waals surface area contributed by atoms with E-state index in [1.165, 1.54) is 12.8 Å². The van der Waals surface area contributed by atoms with Gasteiger partial charge in [-0.25, -0.2) is 8.93 Å². The molecule has 1 aliphatic carbocycles. The lowest BCUT2D eigenvalue weighted by atomic mass is 10.8. The summed E-state index contributed by atoms with van der Waals surface area (Å²) in [4.78, 5) is 0. The zero-order valence-corrected chi connectivity index (χ0v) is 5.83. The minimum Gasteiger partial charge on any atom is -0.243 e. The fourth-order valence-electron chi connectivity index (χ4n) is 0.470. The monoisotopic (exact) mass is 133 g/mol. The van der Waals surface area contributed by atoms with E-state index < -0.39 is 11.0 Å². The summed E-state index contributed by atoms with van der Waals surface area (Å²) in [6.45, 7) is 1.92. The quantitative estimate of drug-likeness (QED) is 0.594. The molecule has 0 spiro atoms. The van der Waals surface area contributed by atoms with E-state index in [1.54, 1.807) is 0 Å². The molecule has 0 aromatic carbocycles. The van der Waals surface area contributed by atoms with Gasteiger partial charge in [-0.15, -0.1) is 0 Å². The van der Waals surface area contributed by atoms with Gasteiger partial charge in [0, 0.05) is 11.8 Å². The Morgan fingerprint density at radius 1 is 1.75 bits per heavy atom. The third-order valence-electron chi connectivity index (χ3n) is 1.14. The Hall–Kier alpha value is 0.110. The second-order valence-corrected chi connectivity index (χ2v) is 3.53. The molecule has 1 saturated carbocycles. The van der Waals surface area contributed by atoms with Gasteiger partial charge >= 0.3 is 0 Å². The zero-order valence-electron chi connectivity index (χ0n) is 5.02. The number of rotatable bonds is 3. The highest BCUT2D eigenvalue weighted by atomic mass is 32.2. The van der Waals surface area contributed by atoms with Crippen LogP contribution in [0.25, 0.3) is 0 Å². The SMILES string of the molecule is CCS(=O)NC1CC1. The zero-order chi connectivity index (χ0) is 5.98. The standard InChI is InChI=1S/C5H11NOS/c1-2-8(7)6-5-3-4-5/h5-6H,2-4H2,1H3. The van der Waals surface area contributed by atoms with Crippen LogP contribution in [0.15, 0.2) is 0 Å². The van der Waals surface area contributed by atoms with Crippen LogP contribution < -0.4 is 4.72 Å². The van der Waals surface area contributed by atoms with Gasteiger partial charge < -0.3 is 0 Å². The third-order valence-corrected chi connectivity index (χ3v) is 2.26. The lowest BCUT2D eigenvalue weighted by molar-refractivity contribution is 0.672. The Bertz CT molecular complexity index is 101. The molecule has 2 nitrogen and oxygen atoms in total. The molecule has 0 amide bonds. The van der Waals surface area contributed by atoms with Crippen LogP contribution in [0.1, 0.15) is 19.8 Å². The van der Waals surface area contributed by atoms with Crippen LogP contribution in [0.4, 0.5) is 0 Å².